The second kappa shape index (κ2) is 6.75. The van der Waals surface area contributed by atoms with E-state index in [-0.39, 0.29) is 18.1 Å². The van der Waals surface area contributed by atoms with Gasteiger partial charge < -0.3 is 14.4 Å². The summed E-state index contributed by atoms with van der Waals surface area (Å²) in [6.07, 6.45) is 1.16. The molecule has 4 heteroatoms. The lowest BCUT2D eigenvalue weighted by atomic mass is 10.1. The zero-order valence-corrected chi connectivity index (χ0v) is 12.5. The molecule has 1 aromatic rings. The van der Waals surface area contributed by atoms with Gasteiger partial charge in [-0.1, -0.05) is 6.92 Å². The average Bonchev–Trinajstić information content (AvgIpc) is 2.44. The smallest absolute Gasteiger partial charge is 0.254 e. The fraction of sp³-hybridized carbons (Fsp3) is 0.562. The minimum Gasteiger partial charge on any atom is -0.494 e. The maximum Gasteiger partial charge on any atom is 0.254 e. The van der Waals surface area contributed by atoms with Gasteiger partial charge in [-0.2, -0.15) is 0 Å². The van der Waals surface area contributed by atoms with Gasteiger partial charge in [0.1, 0.15) is 5.75 Å². The highest BCUT2D eigenvalue weighted by Gasteiger charge is 2.26. The molecule has 0 spiro atoms. The fourth-order valence-corrected chi connectivity index (χ4v) is 2.44. The molecule has 2 atom stereocenters. The van der Waals surface area contributed by atoms with Crippen LogP contribution in [0, 0.1) is 0 Å². The van der Waals surface area contributed by atoms with Crippen LogP contribution in [0.5, 0.6) is 5.75 Å². The van der Waals surface area contributed by atoms with Crippen molar-refractivity contribution in [2.45, 2.75) is 39.4 Å². The number of benzene rings is 1. The maximum atomic E-state index is 12.4. The van der Waals surface area contributed by atoms with Gasteiger partial charge in [-0.25, -0.2) is 0 Å². The minimum absolute atomic E-state index is 0.0639. The maximum absolute atomic E-state index is 12.4. The lowest BCUT2D eigenvalue weighted by Crippen LogP contribution is -2.48. The zero-order valence-electron chi connectivity index (χ0n) is 12.5. The van der Waals surface area contributed by atoms with Gasteiger partial charge in [-0.05, 0) is 44.5 Å². The van der Waals surface area contributed by atoms with E-state index in [4.69, 9.17) is 9.47 Å². The largest absolute Gasteiger partial charge is 0.494 e. The molecule has 1 aromatic carbocycles. The van der Waals surface area contributed by atoms with Crippen molar-refractivity contribution in [3.63, 3.8) is 0 Å². The van der Waals surface area contributed by atoms with Crippen molar-refractivity contribution in [3.8, 4) is 5.75 Å². The number of ether oxygens (including phenoxy) is 2. The summed E-state index contributed by atoms with van der Waals surface area (Å²) in [5.74, 6) is 0.876. The summed E-state index contributed by atoms with van der Waals surface area (Å²) in [4.78, 5) is 14.3. The van der Waals surface area contributed by atoms with Gasteiger partial charge in [-0.3, -0.25) is 4.79 Å². The highest BCUT2D eigenvalue weighted by Crippen LogP contribution is 2.17. The fourth-order valence-electron chi connectivity index (χ4n) is 2.44. The topological polar surface area (TPSA) is 38.8 Å². The normalized spacial score (nSPS) is 22.6. The van der Waals surface area contributed by atoms with Gasteiger partial charge in [0.15, 0.2) is 0 Å². The number of hydrogen-bond acceptors (Lipinski definition) is 3. The van der Waals surface area contributed by atoms with Crippen LogP contribution in [0.15, 0.2) is 24.3 Å². The van der Waals surface area contributed by atoms with Crippen LogP contribution in [0.4, 0.5) is 0 Å². The van der Waals surface area contributed by atoms with Gasteiger partial charge in [-0.15, -0.1) is 0 Å². The van der Waals surface area contributed by atoms with Crippen molar-refractivity contribution >= 4 is 5.91 Å². The molecule has 0 bridgehead atoms. The summed E-state index contributed by atoms with van der Waals surface area (Å²) in [6, 6.07) is 7.38. The number of rotatable bonds is 4. The molecule has 20 heavy (non-hydrogen) atoms. The molecule has 0 radical (unpaired) electrons. The van der Waals surface area contributed by atoms with Crippen LogP contribution >= 0.6 is 0 Å². The highest BCUT2D eigenvalue weighted by molar-refractivity contribution is 5.94. The van der Waals surface area contributed by atoms with Gasteiger partial charge in [0.25, 0.3) is 5.91 Å². The van der Waals surface area contributed by atoms with E-state index < -0.39 is 0 Å². The van der Waals surface area contributed by atoms with Crippen molar-refractivity contribution in [1.29, 1.82) is 0 Å². The predicted octanol–water partition coefficient (Wildman–Crippen LogP) is 2.72. The van der Waals surface area contributed by atoms with Crippen LogP contribution in [-0.4, -0.2) is 42.7 Å². The van der Waals surface area contributed by atoms with Gasteiger partial charge in [0, 0.05) is 18.7 Å². The quantitative estimate of drug-likeness (QED) is 0.849. The van der Waals surface area contributed by atoms with Gasteiger partial charge in [0.05, 0.1) is 18.8 Å². The Hall–Kier alpha value is -1.55. The van der Waals surface area contributed by atoms with E-state index in [1.165, 1.54) is 0 Å². The molecule has 0 saturated carbocycles. The third-order valence-electron chi connectivity index (χ3n) is 3.28. The number of hydrogen-bond donors (Lipinski definition) is 0. The van der Waals surface area contributed by atoms with E-state index in [0.29, 0.717) is 25.3 Å². The Morgan fingerprint density at radius 2 is 1.85 bits per heavy atom. The number of morpholine rings is 1. The monoisotopic (exact) mass is 277 g/mol. The Balaban J connectivity index is 2.01. The molecule has 0 unspecified atom stereocenters. The second-order valence-corrected chi connectivity index (χ2v) is 5.34. The van der Waals surface area contributed by atoms with Crippen LogP contribution in [0.1, 0.15) is 37.6 Å². The molecule has 110 valence electrons. The third kappa shape index (κ3) is 3.73. The molecule has 1 fully saturated rings. The molecule has 1 aliphatic rings. The van der Waals surface area contributed by atoms with Crippen molar-refractivity contribution in [1.82, 2.24) is 4.90 Å². The Labute approximate surface area is 120 Å². The van der Waals surface area contributed by atoms with E-state index in [2.05, 4.69) is 6.92 Å². The number of nitrogens with zero attached hydrogens (tertiary/aromatic N) is 1. The number of amides is 1. The third-order valence-corrected chi connectivity index (χ3v) is 3.28. The number of carbonyl (C=O) groups is 1. The minimum atomic E-state index is 0.0639. The molecular formula is C16H23NO3. The molecule has 2 rings (SSSR count). The molecule has 1 amide bonds. The Kier molecular flexibility index (Phi) is 5.01. The van der Waals surface area contributed by atoms with Crippen LogP contribution < -0.4 is 4.74 Å². The Morgan fingerprint density at radius 3 is 2.40 bits per heavy atom. The summed E-state index contributed by atoms with van der Waals surface area (Å²) < 4.78 is 11.2. The first-order chi connectivity index (χ1) is 9.60. The summed E-state index contributed by atoms with van der Waals surface area (Å²) in [5.41, 5.74) is 0.704. The summed E-state index contributed by atoms with van der Waals surface area (Å²) in [5, 5.41) is 0. The number of carbonyl (C=O) groups excluding carboxylic acids is 1. The molecule has 1 aliphatic heterocycles. The molecular weight excluding hydrogens is 254 g/mol. The van der Waals surface area contributed by atoms with E-state index >= 15 is 0 Å². The first kappa shape index (κ1) is 14.9. The van der Waals surface area contributed by atoms with E-state index in [9.17, 15) is 4.79 Å². The van der Waals surface area contributed by atoms with Crippen molar-refractivity contribution in [2.24, 2.45) is 0 Å². The summed E-state index contributed by atoms with van der Waals surface area (Å²) in [7, 11) is 0. The van der Waals surface area contributed by atoms with Crippen LogP contribution in [0.25, 0.3) is 0 Å². The predicted molar refractivity (Wildman–Crippen MR) is 78.1 cm³/mol. The standard InChI is InChI=1S/C16H23NO3/c1-4-9-19-15-7-5-14(6-8-15)16(18)17-10-12(2)20-13(3)11-17/h5-8,12-13H,4,9-11H2,1-3H3/t12-,13+. The van der Waals surface area contributed by atoms with E-state index in [0.717, 1.165) is 12.2 Å². The zero-order chi connectivity index (χ0) is 14.5. The Bertz CT molecular complexity index is 434. The summed E-state index contributed by atoms with van der Waals surface area (Å²) in [6.45, 7) is 8.06. The molecule has 1 saturated heterocycles. The van der Waals surface area contributed by atoms with Crippen molar-refractivity contribution in [3.05, 3.63) is 29.8 Å². The molecule has 4 nitrogen and oxygen atoms in total. The Morgan fingerprint density at radius 1 is 1.25 bits per heavy atom. The average molecular weight is 277 g/mol. The van der Waals surface area contributed by atoms with E-state index in [1.807, 2.05) is 43.0 Å². The van der Waals surface area contributed by atoms with Crippen LogP contribution in [0.2, 0.25) is 0 Å². The lowest BCUT2D eigenvalue weighted by molar-refractivity contribution is -0.0586. The van der Waals surface area contributed by atoms with Crippen LogP contribution in [0.3, 0.4) is 0 Å². The molecule has 0 aliphatic carbocycles. The van der Waals surface area contributed by atoms with Gasteiger partial charge in [0.2, 0.25) is 0 Å². The molecule has 1 heterocycles. The molecule has 0 aromatic heterocycles. The van der Waals surface area contributed by atoms with Crippen molar-refractivity contribution < 1.29 is 14.3 Å². The second-order valence-electron chi connectivity index (χ2n) is 5.34. The van der Waals surface area contributed by atoms with Crippen molar-refractivity contribution in [2.75, 3.05) is 19.7 Å². The summed E-state index contributed by atoms with van der Waals surface area (Å²) >= 11 is 0. The first-order valence-corrected chi connectivity index (χ1v) is 7.27. The van der Waals surface area contributed by atoms with Crippen LogP contribution in [-0.2, 0) is 4.74 Å². The van der Waals surface area contributed by atoms with Gasteiger partial charge >= 0.3 is 0 Å². The lowest BCUT2D eigenvalue weighted by Gasteiger charge is -2.35. The SMILES string of the molecule is CCCOc1ccc(C(=O)N2C[C@@H](C)O[C@@H](C)C2)cc1. The highest BCUT2D eigenvalue weighted by atomic mass is 16.5. The van der Waals surface area contributed by atoms with E-state index in [1.54, 1.807) is 0 Å². The first-order valence-electron chi connectivity index (χ1n) is 7.27. The molecule has 0 N–H and O–H groups in total.